The molecule has 1 aromatic heterocycles. The molecule has 6 nitrogen and oxygen atoms in total. The third-order valence-electron chi connectivity index (χ3n) is 1.84. The van der Waals surface area contributed by atoms with Crippen LogP contribution >= 0.6 is 12.2 Å². The zero-order valence-corrected chi connectivity index (χ0v) is 10.4. The third-order valence-corrected chi connectivity index (χ3v) is 2.90. The second-order valence-electron chi connectivity index (χ2n) is 3.32. The third kappa shape index (κ3) is 4.69. The first-order valence-corrected chi connectivity index (χ1v) is 6.93. The van der Waals surface area contributed by atoms with Gasteiger partial charge in [-0.2, -0.15) is 0 Å². The maximum Gasteiger partial charge on any atom is 0.251 e. The molecule has 90 valence electrons. The molecule has 0 saturated heterocycles. The number of H-pyrrole nitrogens is 1. The maximum atomic E-state index is 10.9. The predicted octanol–water partition coefficient (Wildman–Crippen LogP) is -0.155. The second kappa shape index (κ2) is 5.37. The van der Waals surface area contributed by atoms with Crippen molar-refractivity contribution in [3.05, 3.63) is 27.4 Å². The Bertz CT molecular complexity index is 558. The van der Waals surface area contributed by atoms with Crippen LogP contribution in [-0.4, -0.2) is 30.8 Å². The van der Waals surface area contributed by atoms with Gasteiger partial charge in [0.05, 0.1) is 6.26 Å². The molecule has 0 spiro atoms. The smallest absolute Gasteiger partial charge is 0.251 e. The molecule has 0 radical (unpaired) electrons. The van der Waals surface area contributed by atoms with Crippen LogP contribution < -0.4 is 10.3 Å². The Hall–Kier alpha value is -0.990. The van der Waals surface area contributed by atoms with Gasteiger partial charge in [-0.05, 0) is 18.6 Å². The minimum absolute atomic E-state index is 0.240. The Morgan fingerprint density at radius 3 is 2.81 bits per heavy atom. The van der Waals surface area contributed by atoms with Crippen molar-refractivity contribution in [1.82, 2.24) is 14.3 Å². The molecule has 0 aromatic carbocycles. The lowest BCUT2D eigenvalue weighted by Gasteiger charge is -2.05. The van der Waals surface area contributed by atoms with Gasteiger partial charge >= 0.3 is 0 Å². The van der Waals surface area contributed by atoms with Gasteiger partial charge in [0.1, 0.15) is 0 Å². The number of hydrogen-bond donors (Lipinski definition) is 2. The molecule has 2 N–H and O–H groups in total. The van der Waals surface area contributed by atoms with Crippen LogP contribution in [0.2, 0.25) is 0 Å². The van der Waals surface area contributed by atoms with Crippen molar-refractivity contribution in [2.24, 2.45) is 0 Å². The molecule has 0 aliphatic carbocycles. The van der Waals surface area contributed by atoms with Gasteiger partial charge in [0.15, 0.2) is 4.77 Å². The monoisotopic (exact) mass is 263 g/mol. The van der Waals surface area contributed by atoms with Crippen LogP contribution in [0.15, 0.2) is 17.1 Å². The molecule has 1 heterocycles. The molecular formula is C8H13N3O3S2. The van der Waals surface area contributed by atoms with Crippen LogP contribution in [0.1, 0.15) is 6.42 Å². The van der Waals surface area contributed by atoms with Crippen LogP contribution in [0, 0.1) is 4.77 Å². The van der Waals surface area contributed by atoms with Crippen LogP contribution in [-0.2, 0) is 16.6 Å². The summed E-state index contributed by atoms with van der Waals surface area (Å²) >= 11 is 4.93. The Balaban J connectivity index is 2.50. The normalized spacial score (nSPS) is 11.6. The van der Waals surface area contributed by atoms with Crippen molar-refractivity contribution in [3.8, 4) is 0 Å². The van der Waals surface area contributed by atoms with Gasteiger partial charge in [-0.1, -0.05) is 0 Å². The molecule has 0 amide bonds. The molecule has 0 aliphatic rings. The van der Waals surface area contributed by atoms with Crippen LogP contribution in [0.4, 0.5) is 0 Å². The second-order valence-corrected chi connectivity index (χ2v) is 5.54. The zero-order valence-electron chi connectivity index (χ0n) is 8.76. The highest BCUT2D eigenvalue weighted by Gasteiger charge is 1.99. The van der Waals surface area contributed by atoms with Gasteiger partial charge in [0.25, 0.3) is 5.56 Å². The molecular weight excluding hydrogens is 250 g/mol. The summed E-state index contributed by atoms with van der Waals surface area (Å²) in [6.07, 6.45) is 3.30. The summed E-state index contributed by atoms with van der Waals surface area (Å²) in [4.78, 5) is 13.4. The topological polar surface area (TPSA) is 84.0 Å². The molecule has 0 atom stereocenters. The van der Waals surface area contributed by atoms with Gasteiger partial charge in [-0.3, -0.25) is 9.78 Å². The first kappa shape index (κ1) is 13.1. The number of aromatic amines is 1. The molecule has 1 aromatic rings. The number of rotatable bonds is 5. The number of hydrogen-bond acceptors (Lipinski definition) is 4. The SMILES string of the molecule is CS(=O)(=O)NCCCn1ccc(=O)[nH]c1=S. The van der Waals surface area contributed by atoms with Crippen molar-refractivity contribution in [2.75, 3.05) is 12.8 Å². The van der Waals surface area contributed by atoms with E-state index in [0.717, 1.165) is 6.26 Å². The lowest BCUT2D eigenvalue weighted by Crippen LogP contribution is -2.24. The van der Waals surface area contributed by atoms with E-state index in [2.05, 4.69) is 9.71 Å². The van der Waals surface area contributed by atoms with Crippen molar-refractivity contribution < 1.29 is 8.42 Å². The summed E-state index contributed by atoms with van der Waals surface area (Å²) in [5.41, 5.74) is -0.240. The van der Waals surface area contributed by atoms with Gasteiger partial charge in [-0.15, -0.1) is 0 Å². The van der Waals surface area contributed by atoms with E-state index in [1.807, 2.05) is 0 Å². The summed E-state index contributed by atoms with van der Waals surface area (Å²) in [5.74, 6) is 0. The van der Waals surface area contributed by atoms with Crippen molar-refractivity contribution in [2.45, 2.75) is 13.0 Å². The first-order valence-electron chi connectivity index (χ1n) is 4.63. The summed E-state index contributed by atoms with van der Waals surface area (Å²) in [6, 6.07) is 1.37. The van der Waals surface area contributed by atoms with Crippen LogP contribution in [0.25, 0.3) is 0 Å². The summed E-state index contributed by atoms with van der Waals surface area (Å²) < 4.78 is 25.9. The van der Waals surface area contributed by atoms with E-state index in [4.69, 9.17) is 12.2 Å². The number of aromatic nitrogens is 2. The highest BCUT2D eigenvalue weighted by molar-refractivity contribution is 7.88. The minimum atomic E-state index is -3.14. The Kier molecular flexibility index (Phi) is 4.39. The summed E-state index contributed by atoms with van der Waals surface area (Å²) in [7, 11) is -3.14. The van der Waals surface area contributed by atoms with Gasteiger partial charge in [0, 0.05) is 25.4 Å². The van der Waals surface area contributed by atoms with E-state index in [9.17, 15) is 13.2 Å². The number of sulfonamides is 1. The van der Waals surface area contributed by atoms with E-state index < -0.39 is 10.0 Å². The molecule has 16 heavy (non-hydrogen) atoms. The predicted molar refractivity (Wildman–Crippen MR) is 63.4 cm³/mol. The Morgan fingerprint density at radius 2 is 2.25 bits per heavy atom. The van der Waals surface area contributed by atoms with Crippen LogP contribution in [0.5, 0.6) is 0 Å². The molecule has 1 rings (SSSR count). The zero-order chi connectivity index (χ0) is 12.2. The molecule has 0 bridgehead atoms. The first-order chi connectivity index (χ1) is 7.38. The highest BCUT2D eigenvalue weighted by Crippen LogP contribution is 1.90. The van der Waals surface area contributed by atoms with Crippen LogP contribution in [0.3, 0.4) is 0 Å². The van der Waals surface area contributed by atoms with Gasteiger partial charge < -0.3 is 4.57 Å². The molecule has 0 saturated carbocycles. The number of nitrogens with one attached hydrogen (secondary N) is 2. The van der Waals surface area contributed by atoms with Crippen molar-refractivity contribution >= 4 is 22.2 Å². The van der Waals surface area contributed by atoms with Gasteiger partial charge in [-0.25, -0.2) is 13.1 Å². The Labute approximate surface area is 98.4 Å². The van der Waals surface area contributed by atoms with Crippen molar-refractivity contribution in [3.63, 3.8) is 0 Å². The van der Waals surface area contributed by atoms with E-state index in [0.29, 0.717) is 24.3 Å². The van der Waals surface area contributed by atoms with E-state index in [1.54, 1.807) is 10.8 Å². The number of aryl methyl sites for hydroxylation is 1. The van der Waals surface area contributed by atoms with E-state index >= 15 is 0 Å². The minimum Gasteiger partial charge on any atom is -0.325 e. The maximum absolute atomic E-state index is 10.9. The summed E-state index contributed by atoms with van der Waals surface area (Å²) in [6.45, 7) is 0.901. The average molecular weight is 263 g/mol. The lowest BCUT2D eigenvalue weighted by molar-refractivity contribution is 0.571. The lowest BCUT2D eigenvalue weighted by atomic mass is 10.4. The molecule has 8 heteroatoms. The van der Waals surface area contributed by atoms with Gasteiger partial charge in [0.2, 0.25) is 10.0 Å². The largest absolute Gasteiger partial charge is 0.325 e. The Morgan fingerprint density at radius 1 is 1.56 bits per heavy atom. The average Bonchev–Trinajstić information content (AvgIpc) is 2.13. The number of nitrogens with zero attached hydrogens (tertiary/aromatic N) is 1. The van der Waals surface area contributed by atoms with Crippen molar-refractivity contribution in [1.29, 1.82) is 0 Å². The fourth-order valence-electron chi connectivity index (χ4n) is 1.13. The standard InChI is InChI=1S/C8H13N3O3S2/c1-16(13,14)9-4-2-5-11-6-3-7(12)10-8(11)15/h3,6,9H,2,4-5H2,1H3,(H,10,12,15). The quantitative estimate of drug-likeness (QED) is 0.571. The van der Waals surface area contributed by atoms with E-state index in [1.165, 1.54) is 6.07 Å². The van der Waals surface area contributed by atoms with E-state index in [-0.39, 0.29) is 5.56 Å². The fourth-order valence-corrected chi connectivity index (χ4v) is 1.90. The summed E-state index contributed by atoms with van der Waals surface area (Å²) in [5, 5.41) is 0. The molecule has 0 unspecified atom stereocenters. The molecule has 0 fully saturated rings. The highest BCUT2D eigenvalue weighted by atomic mass is 32.2. The fraction of sp³-hybridized carbons (Fsp3) is 0.500. The molecule has 0 aliphatic heterocycles.